The van der Waals surface area contributed by atoms with Gasteiger partial charge in [0.05, 0.1) is 33.5 Å². The van der Waals surface area contributed by atoms with Crippen LogP contribution in [0.25, 0.3) is 50.1 Å². The SMILES string of the molecule is Nc1cnc(-c2cc(Cl)c3ncccc3c2)c(-n2ccccc2=O)n1.Nc1cnc(-c2cc(Cl)c3ncccc3c2)c(Cl)n1.O=c1cccc[nH]1. The summed E-state index contributed by atoms with van der Waals surface area (Å²) in [7, 11) is 0. The summed E-state index contributed by atoms with van der Waals surface area (Å²) < 4.78 is 1.40. The Hall–Kier alpha value is -6.21. The molecule has 0 atom stereocenters. The molecule has 0 saturated heterocycles. The van der Waals surface area contributed by atoms with Crippen molar-refractivity contribution < 1.29 is 0 Å². The van der Waals surface area contributed by atoms with E-state index in [2.05, 4.69) is 34.9 Å². The van der Waals surface area contributed by atoms with Gasteiger partial charge in [-0.25, -0.2) is 19.9 Å². The number of halogens is 3. The molecule has 6 aromatic heterocycles. The number of nitrogens with two attached hydrogens (primary N) is 2. The Balaban J connectivity index is 0.000000151. The van der Waals surface area contributed by atoms with Crippen molar-refractivity contribution in [2.24, 2.45) is 0 Å². The van der Waals surface area contributed by atoms with Gasteiger partial charge in [-0.2, -0.15) is 0 Å². The highest BCUT2D eigenvalue weighted by molar-refractivity contribution is 6.36. The van der Waals surface area contributed by atoms with Crippen molar-refractivity contribution in [1.82, 2.24) is 39.5 Å². The second-order valence-corrected chi connectivity index (χ2v) is 11.8. The Morgan fingerprint density at radius 3 is 1.76 bits per heavy atom. The van der Waals surface area contributed by atoms with Crippen molar-refractivity contribution in [2.75, 3.05) is 11.5 Å². The number of H-pyrrole nitrogens is 1. The molecule has 0 unspecified atom stereocenters. The average Bonchev–Trinajstić information content (AvgIpc) is 3.13. The molecule has 12 nitrogen and oxygen atoms in total. The maximum Gasteiger partial charge on any atom is 0.256 e. The van der Waals surface area contributed by atoms with E-state index in [-0.39, 0.29) is 27.9 Å². The molecule has 252 valence electrons. The van der Waals surface area contributed by atoms with Crippen molar-refractivity contribution in [3.05, 3.63) is 158 Å². The first-order valence-corrected chi connectivity index (χ1v) is 16.1. The van der Waals surface area contributed by atoms with Crippen LogP contribution in [0.5, 0.6) is 0 Å². The number of nitrogen functional groups attached to an aromatic ring is 2. The van der Waals surface area contributed by atoms with Crippen LogP contribution >= 0.6 is 34.8 Å². The van der Waals surface area contributed by atoms with Crippen LogP contribution in [-0.2, 0) is 0 Å². The lowest BCUT2D eigenvalue weighted by molar-refractivity contribution is 0.933. The number of pyridine rings is 4. The molecule has 8 rings (SSSR count). The van der Waals surface area contributed by atoms with Crippen LogP contribution in [0.4, 0.5) is 11.6 Å². The van der Waals surface area contributed by atoms with Crippen LogP contribution in [0.3, 0.4) is 0 Å². The van der Waals surface area contributed by atoms with Gasteiger partial charge < -0.3 is 16.5 Å². The van der Waals surface area contributed by atoms with E-state index < -0.39 is 0 Å². The van der Waals surface area contributed by atoms with E-state index >= 15 is 0 Å². The normalized spacial score (nSPS) is 10.6. The number of hydrogen-bond acceptors (Lipinski definition) is 10. The summed E-state index contributed by atoms with van der Waals surface area (Å²) in [4.78, 5) is 50.3. The molecule has 0 radical (unpaired) electrons. The number of aromatic amines is 1. The highest BCUT2D eigenvalue weighted by Gasteiger charge is 2.15. The Morgan fingerprint density at radius 1 is 0.627 bits per heavy atom. The number of benzene rings is 2. The lowest BCUT2D eigenvalue weighted by Gasteiger charge is -2.12. The predicted octanol–water partition coefficient (Wildman–Crippen LogP) is 7.03. The number of hydrogen-bond donors (Lipinski definition) is 3. The zero-order chi connectivity index (χ0) is 35.9. The third kappa shape index (κ3) is 8.16. The van der Waals surface area contributed by atoms with Crippen LogP contribution in [0.2, 0.25) is 15.2 Å². The first kappa shape index (κ1) is 34.6. The topological polar surface area (TPSA) is 184 Å². The average molecular weight is 736 g/mol. The molecule has 0 amide bonds. The smallest absolute Gasteiger partial charge is 0.256 e. The number of nitrogens with one attached hydrogen (secondary N) is 1. The van der Waals surface area contributed by atoms with E-state index in [4.69, 9.17) is 46.3 Å². The summed E-state index contributed by atoms with van der Waals surface area (Å²) in [5, 5.41) is 3.08. The minimum Gasteiger partial charge on any atom is -0.382 e. The van der Waals surface area contributed by atoms with Gasteiger partial charge in [-0.15, -0.1) is 0 Å². The van der Waals surface area contributed by atoms with Crippen LogP contribution < -0.4 is 22.6 Å². The van der Waals surface area contributed by atoms with Gasteiger partial charge in [0, 0.05) is 58.8 Å². The largest absolute Gasteiger partial charge is 0.382 e. The first-order chi connectivity index (χ1) is 24.7. The van der Waals surface area contributed by atoms with Crippen LogP contribution in [0.15, 0.2) is 132 Å². The molecule has 0 bridgehead atoms. The highest BCUT2D eigenvalue weighted by Crippen LogP contribution is 2.32. The van der Waals surface area contributed by atoms with Crippen LogP contribution in [0, 0.1) is 0 Å². The number of fused-ring (bicyclic) bond motifs is 2. The van der Waals surface area contributed by atoms with Crippen LogP contribution in [0.1, 0.15) is 0 Å². The van der Waals surface area contributed by atoms with E-state index in [9.17, 15) is 9.59 Å². The molecule has 0 spiro atoms. The van der Waals surface area contributed by atoms with E-state index in [1.165, 1.54) is 29.1 Å². The Labute approximate surface area is 304 Å². The summed E-state index contributed by atoms with van der Waals surface area (Å²) in [6.45, 7) is 0. The second-order valence-electron chi connectivity index (χ2n) is 10.6. The molecule has 0 aliphatic rings. The molecular weight excluding hydrogens is 711 g/mol. The van der Waals surface area contributed by atoms with E-state index in [0.29, 0.717) is 32.8 Å². The first-order valence-electron chi connectivity index (χ1n) is 15.0. The maximum atomic E-state index is 12.2. The summed E-state index contributed by atoms with van der Waals surface area (Å²) in [6.07, 6.45) is 9.52. The fraction of sp³-hybridized carbons (Fsp3) is 0. The molecule has 5 N–H and O–H groups in total. The minimum atomic E-state index is -0.225. The van der Waals surface area contributed by atoms with Crippen molar-refractivity contribution >= 4 is 68.2 Å². The molecule has 15 heteroatoms. The summed E-state index contributed by atoms with van der Waals surface area (Å²) in [5.74, 6) is 0.857. The number of aromatic nitrogens is 8. The zero-order valence-corrected chi connectivity index (χ0v) is 28.6. The molecule has 0 saturated carbocycles. The highest BCUT2D eigenvalue weighted by atomic mass is 35.5. The molecule has 8 aromatic rings. The third-order valence-corrected chi connectivity index (χ3v) is 7.96. The van der Waals surface area contributed by atoms with Gasteiger partial charge >= 0.3 is 0 Å². The fourth-order valence-corrected chi connectivity index (χ4v) is 5.69. The van der Waals surface area contributed by atoms with Crippen molar-refractivity contribution in [1.29, 1.82) is 0 Å². The van der Waals surface area contributed by atoms with Crippen molar-refractivity contribution in [2.45, 2.75) is 0 Å². The molecule has 6 heterocycles. The number of nitrogens with zero attached hydrogens (tertiary/aromatic N) is 7. The molecular formula is C36H25Cl3N10O2. The van der Waals surface area contributed by atoms with Gasteiger partial charge in [0.1, 0.15) is 23.0 Å². The monoisotopic (exact) mass is 734 g/mol. The molecule has 0 fully saturated rings. The van der Waals surface area contributed by atoms with Gasteiger partial charge in [-0.1, -0.05) is 59.1 Å². The molecule has 0 aliphatic heterocycles. The Morgan fingerprint density at radius 2 is 1.22 bits per heavy atom. The lowest BCUT2D eigenvalue weighted by atomic mass is 10.1. The van der Waals surface area contributed by atoms with Gasteiger partial charge in [-0.3, -0.25) is 24.1 Å². The zero-order valence-electron chi connectivity index (χ0n) is 26.3. The lowest BCUT2D eigenvalue weighted by Crippen LogP contribution is -2.18. The molecule has 0 aliphatic carbocycles. The second kappa shape index (κ2) is 15.6. The predicted molar refractivity (Wildman–Crippen MR) is 202 cm³/mol. The Kier molecular flexibility index (Phi) is 10.6. The fourth-order valence-electron chi connectivity index (χ4n) is 4.89. The van der Waals surface area contributed by atoms with Gasteiger partial charge in [0.2, 0.25) is 5.56 Å². The van der Waals surface area contributed by atoms with Crippen molar-refractivity contribution in [3.63, 3.8) is 0 Å². The molecule has 51 heavy (non-hydrogen) atoms. The number of anilines is 2. The summed E-state index contributed by atoms with van der Waals surface area (Å²) in [5.41, 5.74) is 15.0. The van der Waals surface area contributed by atoms with E-state index in [1.807, 2.05) is 36.4 Å². The van der Waals surface area contributed by atoms with Gasteiger partial charge in [0.25, 0.3) is 5.56 Å². The number of rotatable bonds is 3. The van der Waals surface area contributed by atoms with E-state index in [1.54, 1.807) is 61.2 Å². The summed E-state index contributed by atoms with van der Waals surface area (Å²) >= 11 is 18.6. The standard InChI is InChI=1S/C18H12ClN5O.C13H8Cl2N4.C5H5NO/c19-13-9-12(8-11-4-3-6-21-16(11)13)17-18(23-14(20)10-22-17)24-7-2-1-5-15(24)25;14-9-5-8(4-7-2-1-3-17-11(7)9)12-13(15)19-10(16)6-18-12;7-5-3-1-2-4-6-5/h1-10H,(H2,20,23);1-6H,(H2,16,19);1-4H,(H,6,7). The third-order valence-electron chi connectivity index (χ3n) is 7.12. The van der Waals surface area contributed by atoms with Crippen LogP contribution in [-0.4, -0.2) is 39.5 Å². The van der Waals surface area contributed by atoms with Crippen molar-refractivity contribution in [3.8, 4) is 28.3 Å². The Bertz CT molecular complexity index is 2610. The summed E-state index contributed by atoms with van der Waals surface area (Å²) in [6, 6.07) is 24.7. The maximum absolute atomic E-state index is 12.2. The van der Waals surface area contributed by atoms with E-state index in [0.717, 1.165) is 27.4 Å². The van der Waals surface area contributed by atoms with Gasteiger partial charge in [0.15, 0.2) is 11.0 Å². The van der Waals surface area contributed by atoms with Gasteiger partial charge in [-0.05, 0) is 48.5 Å². The molecule has 2 aromatic carbocycles. The quantitative estimate of drug-likeness (QED) is 0.170. The minimum absolute atomic E-state index is 0.0532.